The molecule has 0 radical (unpaired) electrons. The highest BCUT2D eigenvalue weighted by atomic mass is 19.1. The Morgan fingerprint density at radius 1 is 1.00 bits per heavy atom. The van der Waals surface area contributed by atoms with Gasteiger partial charge in [-0.15, -0.1) is 0 Å². The van der Waals surface area contributed by atoms with Gasteiger partial charge >= 0.3 is 5.97 Å². The van der Waals surface area contributed by atoms with Crippen LogP contribution in [0, 0.1) is 17.6 Å². The lowest BCUT2D eigenvalue weighted by Crippen LogP contribution is -2.25. The van der Waals surface area contributed by atoms with Gasteiger partial charge in [0.15, 0.2) is 0 Å². The van der Waals surface area contributed by atoms with Crippen LogP contribution in [0.1, 0.15) is 55.8 Å². The number of rotatable bonds is 5. The highest BCUT2D eigenvalue weighted by Crippen LogP contribution is 2.30. The Hall–Kier alpha value is -2.23. The standard InChI is InChI=1S/C22H24F2O2/c1-2-3-15-4-11-19(12-5-15)26-22(25)20-13-8-17(14-21(20)24)16-6-9-18(23)10-7-16/h6-10,13-15,19H,2-5,11-12H2,1H3/t15-,19-. The molecule has 0 spiro atoms. The van der Waals surface area contributed by atoms with Crippen LogP contribution in [0.3, 0.4) is 0 Å². The highest BCUT2D eigenvalue weighted by Gasteiger charge is 2.25. The van der Waals surface area contributed by atoms with Gasteiger partial charge in [-0.25, -0.2) is 13.6 Å². The van der Waals surface area contributed by atoms with Gasteiger partial charge in [-0.3, -0.25) is 0 Å². The second-order valence-electron chi connectivity index (χ2n) is 7.04. The van der Waals surface area contributed by atoms with E-state index in [-0.39, 0.29) is 17.5 Å². The van der Waals surface area contributed by atoms with E-state index >= 15 is 0 Å². The average molecular weight is 358 g/mol. The predicted octanol–water partition coefficient (Wildman–Crippen LogP) is 6.15. The van der Waals surface area contributed by atoms with Gasteiger partial charge in [0.25, 0.3) is 0 Å². The molecule has 4 heteroatoms. The van der Waals surface area contributed by atoms with E-state index in [2.05, 4.69) is 6.92 Å². The van der Waals surface area contributed by atoms with Gasteiger partial charge in [0.05, 0.1) is 5.56 Å². The third kappa shape index (κ3) is 4.48. The molecule has 2 aromatic rings. The minimum atomic E-state index is -0.614. The summed E-state index contributed by atoms with van der Waals surface area (Å²) in [6.45, 7) is 2.19. The average Bonchev–Trinajstić information content (AvgIpc) is 2.64. The molecule has 0 atom stereocenters. The number of carbonyl (C=O) groups excluding carboxylic acids is 1. The first-order valence-electron chi connectivity index (χ1n) is 9.33. The topological polar surface area (TPSA) is 26.3 Å². The molecule has 0 saturated heterocycles. The minimum Gasteiger partial charge on any atom is -0.459 e. The van der Waals surface area contributed by atoms with E-state index in [1.807, 2.05) is 0 Å². The van der Waals surface area contributed by atoms with Crippen molar-refractivity contribution in [2.45, 2.75) is 51.6 Å². The van der Waals surface area contributed by atoms with Crippen molar-refractivity contribution < 1.29 is 18.3 Å². The molecular weight excluding hydrogens is 334 g/mol. The zero-order chi connectivity index (χ0) is 18.5. The number of benzene rings is 2. The van der Waals surface area contributed by atoms with Crippen molar-refractivity contribution in [3.63, 3.8) is 0 Å². The molecule has 138 valence electrons. The molecule has 0 heterocycles. The molecule has 0 aliphatic heterocycles. The van der Waals surface area contributed by atoms with Crippen LogP contribution in [0.15, 0.2) is 42.5 Å². The number of halogens is 2. The van der Waals surface area contributed by atoms with E-state index in [0.717, 1.165) is 31.6 Å². The Labute approximate surface area is 153 Å². The Balaban J connectivity index is 1.64. The summed E-state index contributed by atoms with van der Waals surface area (Å²) < 4.78 is 32.9. The van der Waals surface area contributed by atoms with Crippen LogP contribution in [-0.4, -0.2) is 12.1 Å². The van der Waals surface area contributed by atoms with Crippen molar-refractivity contribution in [3.05, 3.63) is 59.7 Å². The van der Waals surface area contributed by atoms with Gasteiger partial charge in [-0.05, 0) is 67.0 Å². The van der Waals surface area contributed by atoms with Crippen LogP contribution in [0.4, 0.5) is 8.78 Å². The lowest BCUT2D eigenvalue weighted by Gasteiger charge is -2.28. The normalized spacial score (nSPS) is 20.0. The summed E-state index contributed by atoms with van der Waals surface area (Å²) in [4.78, 5) is 12.3. The third-order valence-electron chi connectivity index (χ3n) is 5.13. The van der Waals surface area contributed by atoms with Crippen LogP contribution in [0.5, 0.6) is 0 Å². The summed E-state index contributed by atoms with van der Waals surface area (Å²) in [6, 6.07) is 10.2. The fourth-order valence-corrected chi connectivity index (χ4v) is 3.66. The van der Waals surface area contributed by atoms with Crippen molar-refractivity contribution in [2.24, 2.45) is 5.92 Å². The molecule has 1 fully saturated rings. The summed E-state index contributed by atoms with van der Waals surface area (Å²) in [5.41, 5.74) is 1.24. The quantitative estimate of drug-likeness (QED) is 0.599. The maximum absolute atomic E-state index is 14.4. The van der Waals surface area contributed by atoms with E-state index in [9.17, 15) is 13.6 Å². The van der Waals surface area contributed by atoms with Gasteiger partial charge in [0.2, 0.25) is 0 Å². The molecule has 0 N–H and O–H groups in total. The molecule has 1 aliphatic carbocycles. The first kappa shape index (κ1) is 18.6. The molecule has 0 unspecified atom stereocenters. The first-order valence-corrected chi connectivity index (χ1v) is 9.33. The second kappa shape index (κ2) is 8.43. The number of carbonyl (C=O) groups is 1. The smallest absolute Gasteiger partial charge is 0.341 e. The van der Waals surface area contributed by atoms with Gasteiger partial charge in [-0.1, -0.05) is 38.0 Å². The lowest BCUT2D eigenvalue weighted by atomic mass is 9.85. The zero-order valence-electron chi connectivity index (χ0n) is 15.0. The van der Waals surface area contributed by atoms with E-state index < -0.39 is 11.8 Å². The van der Waals surface area contributed by atoms with Crippen LogP contribution in [0.2, 0.25) is 0 Å². The van der Waals surface area contributed by atoms with Crippen LogP contribution in [0.25, 0.3) is 11.1 Å². The van der Waals surface area contributed by atoms with E-state index in [0.29, 0.717) is 11.1 Å². The van der Waals surface area contributed by atoms with E-state index in [1.54, 1.807) is 18.2 Å². The van der Waals surface area contributed by atoms with Crippen molar-refractivity contribution in [3.8, 4) is 11.1 Å². The van der Waals surface area contributed by atoms with Crippen molar-refractivity contribution in [2.75, 3.05) is 0 Å². The molecule has 2 nitrogen and oxygen atoms in total. The fourth-order valence-electron chi connectivity index (χ4n) is 3.66. The lowest BCUT2D eigenvalue weighted by molar-refractivity contribution is 0.0157. The molecule has 0 amide bonds. The van der Waals surface area contributed by atoms with Crippen LogP contribution < -0.4 is 0 Å². The summed E-state index contributed by atoms with van der Waals surface area (Å²) in [5.74, 6) is -0.839. The van der Waals surface area contributed by atoms with E-state index in [1.165, 1.54) is 37.1 Å². The molecule has 1 saturated carbocycles. The van der Waals surface area contributed by atoms with Crippen LogP contribution in [-0.2, 0) is 4.74 Å². The van der Waals surface area contributed by atoms with Crippen molar-refractivity contribution >= 4 is 5.97 Å². The van der Waals surface area contributed by atoms with Gasteiger partial charge < -0.3 is 4.74 Å². The maximum Gasteiger partial charge on any atom is 0.341 e. The number of hydrogen-bond donors (Lipinski definition) is 0. The van der Waals surface area contributed by atoms with Gasteiger partial charge in [-0.2, -0.15) is 0 Å². The third-order valence-corrected chi connectivity index (χ3v) is 5.13. The summed E-state index contributed by atoms with van der Waals surface area (Å²) in [6.07, 6.45) is 6.13. The summed E-state index contributed by atoms with van der Waals surface area (Å²) >= 11 is 0. The Kier molecular flexibility index (Phi) is 6.02. The fraction of sp³-hybridized carbons (Fsp3) is 0.409. The van der Waals surface area contributed by atoms with Crippen molar-refractivity contribution in [1.82, 2.24) is 0 Å². The number of hydrogen-bond acceptors (Lipinski definition) is 2. The number of ether oxygens (including phenoxy) is 1. The molecule has 3 rings (SSSR count). The second-order valence-corrected chi connectivity index (χ2v) is 7.04. The highest BCUT2D eigenvalue weighted by molar-refractivity contribution is 5.90. The van der Waals surface area contributed by atoms with E-state index in [4.69, 9.17) is 4.74 Å². The van der Waals surface area contributed by atoms with Crippen LogP contribution >= 0.6 is 0 Å². The molecule has 0 aromatic heterocycles. The largest absolute Gasteiger partial charge is 0.459 e. The molecular formula is C22H24F2O2. The van der Waals surface area contributed by atoms with Gasteiger partial charge in [0.1, 0.15) is 17.7 Å². The molecule has 2 aromatic carbocycles. The SMILES string of the molecule is CCC[C@H]1CC[C@H](OC(=O)c2ccc(-c3ccc(F)cc3)cc2F)CC1. The first-order chi connectivity index (χ1) is 12.6. The predicted molar refractivity (Wildman–Crippen MR) is 97.9 cm³/mol. The van der Waals surface area contributed by atoms with Crippen molar-refractivity contribution in [1.29, 1.82) is 0 Å². The summed E-state index contributed by atoms with van der Waals surface area (Å²) in [7, 11) is 0. The molecule has 0 bridgehead atoms. The van der Waals surface area contributed by atoms with Gasteiger partial charge in [0, 0.05) is 0 Å². The number of esters is 1. The molecule has 1 aliphatic rings. The Morgan fingerprint density at radius 3 is 2.27 bits per heavy atom. The minimum absolute atomic E-state index is 0.0495. The monoisotopic (exact) mass is 358 g/mol. The molecule has 26 heavy (non-hydrogen) atoms. The maximum atomic E-state index is 14.4. The summed E-state index contributed by atoms with van der Waals surface area (Å²) in [5, 5.41) is 0. The Morgan fingerprint density at radius 2 is 1.65 bits per heavy atom. The zero-order valence-corrected chi connectivity index (χ0v) is 15.0. The Bertz CT molecular complexity index is 747.